The summed E-state index contributed by atoms with van der Waals surface area (Å²) in [4.78, 5) is 47.4. The van der Waals surface area contributed by atoms with Gasteiger partial charge in [0.2, 0.25) is 23.6 Å². The van der Waals surface area contributed by atoms with Crippen LogP contribution < -0.4 is 21.3 Å². The van der Waals surface area contributed by atoms with Crippen molar-refractivity contribution < 1.29 is 38.1 Å². The molecule has 0 bridgehead atoms. The fourth-order valence-corrected chi connectivity index (χ4v) is 6.88. The van der Waals surface area contributed by atoms with Crippen molar-refractivity contribution in [3.63, 3.8) is 0 Å². The van der Waals surface area contributed by atoms with Crippen molar-refractivity contribution in [1.82, 2.24) is 21.3 Å². The number of rotatable bonds is 27. The number of amides is 4. The molecule has 46 heavy (non-hydrogen) atoms. The fourth-order valence-electron chi connectivity index (χ4n) is 5.23. The van der Waals surface area contributed by atoms with E-state index in [9.17, 15) is 19.2 Å². The van der Waals surface area contributed by atoms with Crippen LogP contribution in [0.4, 0.5) is 0 Å². The molecule has 13 heteroatoms. The van der Waals surface area contributed by atoms with Gasteiger partial charge in [0, 0.05) is 76.4 Å². The molecule has 12 nitrogen and oxygen atoms in total. The molecule has 2 saturated heterocycles. The highest BCUT2D eigenvalue weighted by molar-refractivity contribution is 8.00. The van der Waals surface area contributed by atoms with E-state index in [-0.39, 0.29) is 29.2 Å². The lowest BCUT2D eigenvalue weighted by Gasteiger charge is -2.19. The first-order valence-electron chi connectivity index (χ1n) is 17.2. The Kier molecular flexibility index (Phi) is 21.2. The smallest absolute Gasteiger partial charge is 0.220 e. The first kappa shape index (κ1) is 40.2. The maximum Gasteiger partial charge on any atom is 0.220 e. The van der Waals surface area contributed by atoms with Gasteiger partial charge in [-0.3, -0.25) is 19.2 Å². The number of thioether (sulfide) groups is 1. The van der Waals surface area contributed by atoms with Gasteiger partial charge in [0.1, 0.15) is 0 Å². The van der Waals surface area contributed by atoms with E-state index in [0.717, 1.165) is 37.9 Å². The minimum atomic E-state index is -0.169. The summed E-state index contributed by atoms with van der Waals surface area (Å²) in [6.45, 7) is 11.4. The number of fused-ring (bicyclic) bond motifs is 1. The number of nitrogens with one attached hydrogen (secondary N) is 4. The summed E-state index contributed by atoms with van der Waals surface area (Å²) in [5.41, 5.74) is -0.169. The van der Waals surface area contributed by atoms with Crippen molar-refractivity contribution in [1.29, 1.82) is 0 Å². The molecule has 0 aromatic rings. The summed E-state index contributed by atoms with van der Waals surface area (Å²) < 4.78 is 22.2. The Morgan fingerprint density at radius 1 is 0.717 bits per heavy atom. The van der Waals surface area contributed by atoms with Crippen LogP contribution in [0.2, 0.25) is 0 Å². The Labute approximate surface area is 280 Å². The molecular weight excluding hydrogens is 612 g/mol. The second-order valence-corrected chi connectivity index (χ2v) is 14.2. The molecular formula is C33H60N4O8S. The molecule has 0 aromatic heterocycles. The van der Waals surface area contributed by atoms with Gasteiger partial charge in [0.25, 0.3) is 0 Å². The van der Waals surface area contributed by atoms with Crippen LogP contribution in [0.5, 0.6) is 0 Å². The highest BCUT2D eigenvalue weighted by atomic mass is 32.2. The van der Waals surface area contributed by atoms with Gasteiger partial charge in [0.05, 0.1) is 32.0 Å². The third kappa shape index (κ3) is 20.3. The van der Waals surface area contributed by atoms with E-state index in [1.807, 2.05) is 32.5 Å². The van der Waals surface area contributed by atoms with Crippen LogP contribution in [0, 0.1) is 5.92 Å². The summed E-state index contributed by atoms with van der Waals surface area (Å²) in [5, 5.41) is 12.3. The molecule has 4 N–H and O–H groups in total. The molecule has 2 heterocycles. The highest BCUT2D eigenvalue weighted by Gasteiger charge is 2.42. The lowest BCUT2D eigenvalue weighted by Crippen LogP contribution is -2.34. The quantitative estimate of drug-likeness (QED) is 0.0966. The van der Waals surface area contributed by atoms with Crippen molar-refractivity contribution in [2.45, 2.75) is 108 Å². The van der Waals surface area contributed by atoms with E-state index in [1.165, 1.54) is 0 Å². The SMILES string of the molecule is CC(C)(C)OCCCNC(=O)CCCC(=O)NCCCOCCOCCOCCCNC(=O)CCCC[C@@H]1SC[C@@H]2CC(=O)N[C@@H]21. The number of ether oxygens (including phenoxy) is 4. The van der Waals surface area contributed by atoms with Crippen LogP contribution >= 0.6 is 11.8 Å². The lowest BCUT2D eigenvalue weighted by atomic mass is 9.97. The van der Waals surface area contributed by atoms with Crippen molar-refractivity contribution >= 4 is 35.4 Å². The van der Waals surface area contributed by atoms with Gasteiger partial charge in [-0.2, -0.15) is 11.8 Å². The van der Waals surface area contributed by atoms with Gasteiger partial charge < -0.3 is 40.2 Å². The first-order chi connectivity index (χ1) is 22.1. The molecule has 4 amide bonds. The minimum absolute atomic E-state index is 0.0381. The molecule has 0 spiro atoms. The Balaban J connectivity index is 1.24. The average molecular weight is 673 g/mol. The molecule has 0 unspecified atom stereocenters. The predicted molar refractivity (Wildman–Crippen MR) is 180 cm³/mol. The number of hydrogen-bond donors (Lipinski definition) is 4. The zero-order chi connectivity index (χ0) is 33.5. The van der Waals surface area contributed by atoms with E-state index in [4.69, 9.17) is 18.9 Å². The molecule has 0 saturated carbocycles. The maximum atomic E-state index is 12.1. The third-order valence-electron chi connectivity index (χ3n) is 7.66. The van der Waals surface area contributed by atoms with Crippen LogP contribution in [-0.4, -0.2) is 112 Å². The second kappa shape index (κ2) is 24.2. The molecule has 2 aliphatic heterocycles. The van der Waals surface area contributed by atoms with Crippen LogP contribution in [0.1, 0.15) is 91.4 Å². The molecule has 2 fully saturated rings. The molecule has 2 aliphatic rings. The number of carbonyl (C=O) groups excluding carboxylic acids is 4. The minimum Gasteiger partial charge on any atom is -0.379 e. The fraction of sp³-hybridized carbons (Fsp3) is 0.879. The van der Waals surface area contributed by atoms with Crippen LogP contribution in [-0.2, 0) is 38.1 Å². The predicted octanol–water partition coefficient (Wildman–Crippen LogP) is 2.72. The van der Waals surface area contributed by atoms with E-state index in [0.29, 0.717) is 122 Å². The number of carbonyl (C=O) groups is 4. The Hall–Kier alpha value is -1.93. The molecule has 2 rings (SSSR count). The molecule has 266 valence electrons. The zero-order valence-corrected chi connectivity index (χ0v) is 29.3. The molecule has 0 radical (unpaired) electrons. The average Bonchev–Trinajstić information content (AvgIpc) is 3.55. The van der Waals surface area contributed by atoms with Gasteiger partial charge in [-0.25, -0.2) is 0 Å². The van der Waals surface area contributed by atoms with Crippen molar-refractivity contribution in [2.24, 2.45) is 5.92 Å². The summed E-state index contributed by atoms with van der Waals surface area (Å²) in [6, 6.07) is 0.336. The van der Waals surface area contributed by atoms with Crippen molar-refractivity contribution in [3.8, 4) is 0 Å². The van der Waals surface area contributed by atoms with Crippen LogP contribution in [0.25, 0.3) is 0 Å². The third-order valence-corrected chi connectivity index (χ3v) is 9.23. The number of unbranched alkanes of at least 4 members (excludes halogenated alkanes) is 1. The summed E-state index contributed by atoms with van der Waals surface area (Å²) in [6.07, 6.45) is 7.59. The topological polar surface area (TPSA) is 153 Å². The van der Waals surface area contributed by atoms with E-state index in [2.05, 4.69) is 21.3 Å². The van der Waals surface area contributed by atoms with Gasteiger partial charge in [-0.15, -0.1) is 0 Å². The molecule has 3 atom stereocenters. The molecule has 0 aliphatic carbocycles. The summed E-state index contributed by atoms with van der Waals surface area (Å²) >= 11 is 1.97. The monoisotopic (exact) mass is 672 g/mol. The van der Waals surface area contributed by atoms with Crippen molar-refractivity contribution in [3.05, 3.63) is 0 Å². The van der Waals surface area contributed by atoms with E-state index >= 15 is 0 Å². The van der Waals surface area contributed by atoms with Crippen molar-refractivity contribution in [2.75, 3.05) is 71.6 Å². The van der Waals surface area contributed by atoms with Gasteiger partial charge in [0.15, 0.2) is 0 Å². The Bertz CT molecular complexity index is 888. The normalized spacial score (nSPS) is 19.1. The van der Waals surface area contributed by atoms with Gasteiger partial charge >= 0.3 is 0 Å². The van der Waals surface area contributed by atoms with Crippen LogP contribution in [0.15, 0.2) is 0 Å². The van der Waals surface area contributed by atoms with Gasteiger partial charge in [-0.05, 0) is 71.0 Å². The Morgan fingerprint density at radius 3 is 1.76 bits per heavy atom. The second-order valence-electron chi connectivity index (χ2n) is 12.9. The largest absolute Gasteiger partial charge is 0.379 e. The van der Waals surface area contributed by atoms with Gasteiger partial charge in [-0.1, -0.05) is 6.42 Å². The lowest BCUT2D eigenvalue weighted by molar-refractivity contribution is -0.123. The Morgan fingerprint density at radius 2 is 1.22 bits per heavy atom. The maximum absolute atomic E-state index is 12.1. The van der Waals surface area contributed by atoms with E-state index < -0.39 is 0 Å². The van der Waals surface area contributed by atoms with Crippen LogP contribution in [0.3, 0.4) is 0 Å². The number of hydrogen-bond acceptors (Lipinski definition) is 9. The van der Waals surface area contributed by atoms with E-state index in [1.54, 1.807) is 0 Å². The summed E-state index contributed by atoms with van der Waals surface area (Å²) in [7, 11) is 0. The summed E-state index contributed by atoms with van der Waals surface area (Å²) in [5.74, 6) is 1.76. The highest BCUT2D eigenvalue weighted by Crippen LogP contribution is 2.39. The standard InChI is InChI=1S/C33H60N4O8S/c1-33(2,3)45-19-9-16-36-30(40)13-6-12-29(39)35-15-8-18-43-21-23-44-22-20-42-17-7-14-34-28(38)11-5-4-10-27-32-26(25-46-27)24-31(41)37-32/h26-27,32H,4-25H2,1-3H3,(H,34,38)(H,35,39)(H,36,40)(H,37,41)/t26-,27-,32-/m0/s1. The molecule has 0 aromatic carbocycles. The first-order valence-corrected chi connectivity index (χ1v) is 18.3. The zero-order valence-electron chi connectivity index (χ0n) is 28.5.